The van der Waals surface area contributed by atoms with Gasteiger partial charge in [0, 0.05) is 13.1 Å². The summed E-state index contributed by atoms with van der Waals surface area (Å²) in [5, 5.41) is 9.44. The highest BCUT2D eigenvalue weighted by Gasteiger charge is 2.24. The average molecular weight is 430 g/mol. The first-order chi connectivity index (χ1) is 14.2. The van der Waals surface area contributed by atoms with Gasteiger partial charge in [-0.3, -0.25) is 4.79 Å². The molecular formula is C23H27NO3S2. The molecule has 2 aromatic carbocycles. The van der Waals surface area contributed by atoms with Crippen LogP contribution in [0, 0.1) is 0 Å². The number of phenols is 1. The number of thioether (sulfide) groups is 2. The van der Waals surface area contributed by atoms with Crippen molar-refractivity contribution in [3.05, 3.63) is 59.7 Å². The molecule has 29 heavy (non-hydrogen) atoms. The SMILES string of the molecule is O=C(COc1ccc(C2SCCCS2)cc1)N1CCC(c2ccc(O)cc2)CC1. The molecule has 2 aliphatic heterocycles. The van der Waals surface area contributed by atoms with E-state index in [0.29, 0.717) is 16.2 Å². The van der Waals surface area contributed by atoms with Gasteiger partial charge in [0.05, 0.1) is 4.58 Å². The van der Waals surface area contributed by atoms with Crippen molar-refractivity contribution in [2.75, 3.05) is 31.2 Å². The Bertz CT molecular complexity index is 796. The topological polar surface area (TPSA) is 49.8 Å². The van der Waals surface area contributed by atoms with Crippen LogP contribution in [0.25, 0.3) is 0 Å². The van der Waals surface area contributed by atoms with E-state index < -0.39 is 0 Å². The molecule has 0 unspecified atom stereocenters. The third-order valence-electron chi connectivity index (χ3n) is 5.55. The second-order valence-corrected chi connectivity index (χ2v) is 10.3. The van der Waals surface area contributed by atoms with Crippen LogP contribution in [0.1, 0.15) is 40.9 Å². The summed E-state index contributed by atoms with van der Waals surface area (Å²) < 4.78 is 6.28. The number of ether oxygens (including phenoxy) is 1. The Hall–Kier alpha value is -1.79. The molecule has 2 aromatic rings. The summed E-state index contributed by atoms with van der Waals surface area (Å²) in [6, 6.07) is 15.6. The maximum atomic E-state index is 12.5. The third-order valence-corrected chi connectivity index (χ3v) is 8.57. The first-order valence-corrected chi connectivity index (χ1v) is 12.3. The van der Waals surface area contributed by atoms with E-state index in [-0.39, 0.29) is 12.5 Å². The number of rotatable bonds is 5. The van der Waals surface area contributed by atoms with Crippen molar-refractivity contribution in [1.82, 2.24) is 4.90 Å². The fraction of sp³-hybridized carbons (Fsp3) is 0.435. The van der Waals surface area contributed by atoms with E-state index in [0.717, 1.165) is 31.7 Å². The molecule has 0 aliphatic carbocycles. The second kappa shape index (κ2) is 9.81. The molecule has 0 aromatic heterocycles. The monoisotopic (exact) mass is 429 g/mol. The normalized spacial score (nSPS) is 18.6. The van der Waals surface area contributed by atoms with Crippen molar-refractivity contribution in [1.29, 1.82) is 0 Å². The number of aromatic hydroxyl groups is 1. The van der Waals surface area contributed by atoms with Crippen molar-refractivity contribution < 1.29 is 14.6 Å². The lowest BCUT2D eigenvalue weighted by molar-refractivity contribution is -0.134. The minimum atomic E-state index is 0.0524. The van der Waals surface area contributed by atoms with Crippen LogP contribution < -0.4 is 4.74 Å². The van der Waals surface area contributed by atoms with Crippen molar-refractivity contribution >= 4 is 29.4 Å². The highest BCUT2D eigenvalue weighted by atomic mass is 32.2. The van der Waals surface area contributed by atoms with Gasteiger partial charge in [-0.25, -0.2) is 0 Å². The Morgan fingerprint density at radius 2 is 1.59 bits per heavy atom. The summed E-state index contributed by atoms with van der Waals surface area (Å²) in [7, 11) is 0. The van der Waals surface area contributed by atoms with Crippen molar-refractivity contribution in [2.45, 2.75) is 29.8 Å². The molecular weight excluding hydrogens is 402 g/mol. The number of carbonyl (C=O) groups excluding carboxylic acids is 1. The molecule has 0 spiro atoms. The summed E-state index contributed by atoms with van der Waals surface area (Å²) in [5.74, 6) is 4.01. The van der Waals surface area contributed by atoms with Crippen molar-refractivity contribution in [2.24, 2.45) is 0 Å². The minimum Gasteiger partial charge on any atom is -0.508 e. The Morgan fingerprint density at radius 1 is 0.966 bits per heavy atom. The molecule has 0 radical (unpaired) electrons. The highest BCUT2D eigenvalue weighted by molar-refractivity contribution is 8.16. The largest absolute Gasteiger partial charge is 0.508 e. The summed E-state index contributed by atoms with van der Waals surface area (Å²) >= 11 is 4.01. The first-order valence-electron chi connectivity index (χ1n) is 10.2. The number of piperidine rings is 1. The van der Waals surface area contributed by atoms with Gasteiger partial charge in [0.2, 0.25) is 0 Å². The number of hydrogen-bond donors (Lipinski definition) is 1. The molecule has 4 nitrogen and oxygen atoms in total. The number of benzene rings is 2. The molecule has 4 rings (SSSR count). The quantitative estimate of drug-likeness (QED) is 0.721. The molecule has 0 bridgehead atoms. The minimum absolute atomic E-state index is 0.0524. The van der Waals surface area contributed by atoms with Crippen LogP contribution >= 0.6 is 23.5 Å². The van der Waals surface area contributed by atoms with Crippen LogP contribution in [0.5, 0.6) is 11.5 Å². The molecule has 2 heterocycles. The molecule has 2 aliphatic rings. The van der Waals surface area contributed by atoms with Gasteiger partial charge in [0.15, 0.2) is 6.61 Å². The van der Waals surface area contributed by atoms with E-state index in [4.69, 9.17) is 4.74 Å². The van der Waals surface area contributed by atoms with Gasteiger partial charge >= 0.3 is 0 Å². The average Bonchev–Trinajstić information content (AvgIpc) is 2.79. The van der Waals surface area contributed by atoms with Crippen molar-refractivity contribution in [3.8, 4) is 11.5 Å². The standard InChI is InChI=1S/C23H27NO3S2/c25-20-6-2-17(3-7-20)18-10-12-24(13-11-18)22(26)16-27-21-8-4-19(5-9-21)23-28-14-1-15-29-23/h2-9,18,23,25H,1,10-16H2. The highest BCUT2D eigenvalue weighted by Crippen LogP contribution is 2.43. The number of amides is 1. The van der Waals surface area contributed by atoms with E-state index >= 15 is 0 Å². The zero-order chi connectivity index (χ0) is 20.1. The Kier molecular flexibility index (Phi) is 6.93. The maximum Gasteiger partial charge on any atom is 0.260 e. The van der Waals surface area contributed by atoms with E-state index in [1.807, 2.05) is 52.7 Å². The fourth-order valence-electron chi connectivity index (χ4n) is 3.85. The molecule has 0 atom stereocenters. The van der Waals surface area contributed by atoms with Gasteiger partial charge in [-0.15, -0.1) is 23.5 Å². The molecule has 1 N–H and O–H groups in total. The molecule has 154 valence electrons. The van der Waals surface area contributed by atoms with Gasteiger partial charge in [-0.05, 0) is 72.1 Å². The number of likely N-dealkylation sites (tertiary alicyclic amines) is 1. The maximum absolute atomic E-state index is 12.5. The predicted octanol–water partition coefficient (Wildman–Crippen LogP) is 5.05. The van der Waals surface area contributed by atoms with E-state index in [9.17, 15) is 9.90 Å². The second-order valence-electron chi connectivity index (χ2n) is 7.53. The Balaban J connectivity index is 1.23. The van der Waals surface area contributed by atoms with Gasteiger partial charge in [-0.2, -0.15) is 0 Å². The smallest absolute Gasteiger partial charge is 0.260 e. The number of carbonyl (C=O) groups is 1. The van der Waals surface area contributed by atoms with E-state index in [1.54, 1.807) is 12.1 Å². The van der Waals surface area contributed by atoms with Gasteiger partial charge in [0.25, 0.3) is 5.91 Å². The third kappa shape index (κ3) is 5.43. The van der Waals surface area contributed by atoms with Crippen LogP contribution in [-0.2, 0) is 4.79 Å². The lowest BCUT2D eigenvalue weighted by Crippen LogP contribution is -2.40. The lowest BCUT2D eigenvalue weighted by atomic mass is 9.89. The van der Waals surface area contributed by atoms with Gasteiger partial charge in [-0.1, -0.05) is 24.3 Å². The molecule has 0 saturated carbocycles. The van der Waals surface area contributed by atoms with Gasteiger partial charge < -0.3 is 14.7 Å². The van der Waals surface area contributed by atoms with Gasteiger partial charge in [0.1, 0.15) is 11.5 Å². The molecule has 2 saturated heterocycles. The zero-order valence-corrected chi connectivity index (χ0v) is 18.1. The number of hydrogen-bond acceptors (Lipinski definition) is 5. The Labute approximate surface area is 181 Å². The van der Waals surface area contributed by atoms with Crippen LogP contribution in [0.4, 0.5) is 0 Å². The molecule has 1 amide bonds. The number of nitrogens with zero attached hydrogens (tertiary/aromatic N) is 1. The zero-order valence-electron chi connectivity index (χ0n) is 16.5. The summed E-state index contributed by atoms with van der Waals surface area (Å²) in [5.41, 5.74) is 2.57. The van der Waals surface area contributed by atoms with Crippen LogP contribution in [0.2, 0.25) is 0 Å². The van der Waals surface area contributed by atoms with Crippen LogP contribution in [0.3, 0.4) is 0 Å². The Morgan fingerprint density at radius 3 is 2.24 bits per heavy atom. The van der Waals surface area contributed by atoms with Crippen LogP contribution in [0.15, 0.2) is 48.5 Å². The molecule has 6 heteroatoms. The first kappa shape index (κ1) is 20.5. The number of phenolic OH excluding ortho intramolecular Hbond substituents is 1. The fourth-order valence-corrected chi connectivity index (χ4v) is 6.74. The predicted molar refractivity (Wildman–Crippen MR) is 121 cm³/mol. The summed E-state index contributed by atoms with van der Waals surface area (Å²) in [4.78, 5) is 14.4. The summed E-state index contributed by atoms with van der Waals surface area (Å²) in [6.45, 7) is 1.60. The van der Waals surface area contributed by atoms with Crippen molar-refractivity contribution in [3.63, 3.8) is 0 Å². The van der Waals surface area contributed by atoms with Crippen LogP contribution in [-0.4, -0.2) is 47.1 Å². The van der Waals surface area contributed by atoms with E-state index in [1.165, 1.54) is 29.1 Å². The summed E-state index contributed by atoms with van der Waals surface area (Å²) in [6.07, 6.45) is 3.19. The van der Waals surface area contributed by atoms with E-state index in [2.05, 4.69) is 12.1 Å². The molecule has 2 fully saturated rings. The lowest BCUT2D eigenvalue weighted by Gasteiger charge is -2.32.